The quantitative estimate of drug-likeness (QED) is 0.731. The zero-order chi connectivity index (χ0) is 15.1. The molecule has 0 aromatic carbocycles. The molecule has 1 unspecified atom stereocenters. The molecule has 0 radical (unpaired) electrons. The molecular weight excluding hydrogens is 306 g/mol. The molecule has 2 amide bonds. The Balaban J connectivity index is 1.63. The van der Waals surface area contributed by atoms with Crippen molar-refractivity contribution in [2.24, 2.45) is 0 Å². The van der Waals surface area contributed by atoms with Crippen molar-refractivity contribution < 1.29 is 9.90 Å². The molecule has 0 saturated carbocycles. The van der Waals surface area contributed by atoms with E-state index < -0.39 is 6.10 Å². The highest BCUT2D eigenvalue weighted by Gasteiger charge is 2.09. The van der Waals surface area contributed by atoms with Crippen LogP contribution in [0, 0.1) is 0 Å². The van der Waals surface area contributed by atoms with Crippen molar-refractivity contribution >= 4 is 28.7 Å². The van der Waals surface area contributed by atoms with E-state index in [9.17, 15) is 9.90 Å². The van der Waals surface area contributed by atoms with E-state index in [1.54, 1.807) is 11.3 Å². The number of aromatic nitrogens is 1. The summed E-state index contributed by atoms with van der Waals surface area (Å²) in [6.45, 7) is 2.85. The fourth-order valence-electron chi connectivity index (χ4n) is 1.74. The summed E-state index contributed by atoms with van der Waals surface area (Å²) in [5, 5.41) is 20.1. The molecule has 2 rings (SSSR count). The van der Waals surface area contributed by atoms with Gasteiger partial charge in [-0.15, -0.1) is 11.3 Å². The summed E-state index contributed by atoms with van der Waals surface area (Å²) in [6, 6.07) is 1.58. The molecule has 0 aliphatic rings. The van der Waals surface area contributed by atoms with E-state index >= 15 is 0 Å². The first kappa shape index (κ1) is 15.9. The number of aliphatic hydroxyl groups is 1. The van der Waals surface area contributed by atoms with Gasteiger partial charge in [0, 0.05) is 30.6 Å². The van der Waals surface area contributed by atoms with Gasteiger partial charge in [0.2, 0.25) is 0 Å². The summed E-state index contributed by atoms with van der Waals surface area (Å²) in [6.07, 6.45) is 2.95. The van der Waals surface area contributed by atoms with Crippen LogP contribution in [-0.2, 0) is 12.8 Å². The average Bonchev–Trinajstić information content (AvgIpc) is 3.16. The smallest absolute Gasteiger partial charge is 0.314 e. The van der Waals surface area contributed by atoms with Gasteiger partial charge in [0.15, 0.2) is 0 Å². The molecule has 0 aliphatic heterocycles. The van der Waals surface area contributed by atoms with Crippen molar-refractivity contribution in [3.63, 3.8) is 0 Å². The number of thiazole rings is 1. The van der Waals surface area contributed by atoms with Crippen LogP contribution >= 0.6 is 22.7 Å². The third-order valence-corrected chi connectivity index (χ3v) is 4.86. The van der Waals surface area contributed by atoms with Crippen LogP contribution in [0.15, 0.2) is 23.0 Å². The first-order chi connectivity index (χ1) is 10.2. The van der Waals surface area contributed by atoms with Gasteiger partial charge in [-0.2, -0.15) is 11.3 Å². The van der Waals surface area contributed by atoms with Crippen molar-refractivity contribution in [1.82, 2.24) is 15.6 Å². The molecule has 2 aromatic rings. The lowest BCUT2D eigenvalue weighted by Gasteiger charge is -2.11. The maximum absolute atomic E-state index is 11.6. The molecule has 0 fully saturated rings. The minimum absolute atomic E-state index is 0.208. The maximum atomic E-state index is 11.6. The number of hydrogen-bond acceptors (Lipinski definition) is 5. The monoisotopic (exact) mass is 325 g/mol. The Labute approximate surface area is 132 Å². The summed E-state index contributed by atoms with van der Waals surface area (Å²) >= 11 is 3.20. The number of nitrogens with one attached hydrogen (secondary N) is 2. The molecule has 5 nitrogen and oxygen atoms in total. The Morgan fingerprint density at radius 2 is 2.33 bits per heavy atom. The molecule has 0 spiro atoms. The van der Waals surface area contributed by atoms with Crippen molar-refractivity contribution in [3.8, 4) is 0 Å². The van der Waals surface area contributed by atoms with Gasteiger partial charge in [-0.1, -0.05) is 6.92 Å². The third-order valence-electron chi connectivity index (χ3n) is 2.96. The summed E-state index contributed by atoms with van der Waals surface area (Å²) < 4.78 is 0. The van der Waals surface area contributed by atoms with E-state index in [1.807, 2.05) is 23.0 Å². The van der Waals surface area contributed by atoms with Gasteiger partial charge in [0.1, 0.15) is 0 Å². The van der Waals surface area contributed by atoms with E-state index in [2.05, 4.69) is 22.5 Å². The molecule has 2 heterocycles. The van der Waals surface area contributed by atoms with Crippen LogP contribution in [0.1, 0.15) is 28.5 Å². The second-order valence-corrected chi connectivity index (χ2v) is 6.51. The van der Waals surface area contributed by atoms with Crippen LogP contribution in [0.3, 0.4) is 0 Å². The van der Waals surface area contributed by atoms with E-state index in [4.69, 9.17) is 0 Å². The summed E-state index contributed by atoms with van der Waals surface area (Å²) in [4.78, 5) is 17.2. The van der Waals surface area contributed by atoms with Crippen LogP contribution in [0.2, 0.25) is 0 Å². The first-order valence-corrected chi connectivity index (χ1v) is 8.60. The molecule has 7 heteroatoms. The van der Waals surface area contributed by atoms with Crippen molar-refractivity contribution in [3.05, 3.63) is 38.5 Å². The number of aliphatic hydroxyl groups excluding tert-OH is 1. The number of carbonyl (C=O) groups is 1. The Morgan fingerprint density at radius 3 is 3.00 bits per heavy atom. The Kier molecular flexibility index (Phi) is 6.16. The molecule has 0 saturated heterocycles. The van der Waals surface area contributed by atoms with E-state index in [0.717, 1.165) is 23.4 Å². The summed E-state index contributed by atoms with van der Waals surface area (Å²) in [5.74, 6) is 0. The van der Waals surface area contributed by atoms with Gasteiger partial charge in [-0.25, -0.2) is 9.78 Å². The number of carbonyl (C=O) groups excluding carboxylic acids is 1. The molecule has 0 aliphatic carbocycles. The molecule has 21 heavy (non-hydrogen) atoms. The predicted octanol–water partition coefficient (Wildman–Crippen LogP) is 2.34. The number of nitrogens with zero attached hydrogens (tertiary/aromatic N) is 1. The topological polar surface area (TPSA) is 74.2 Å². The normalized spacial score (nSPS) is 12.1. The van der Waals surface area contributed by atoms with Gasteiger partial charge in [0.05, 0.1) is 11.1 Å². The second-order valence-electron chi connectivity index (χ2n) is 4.53. The van der Waals surface area contributed by atoms with E-state index in [1.165, 1.54) is 16.2 Å². The van der Waals surface area contributed by atoms with Crippen molar-refractivity contribution in [2.75, 3.05) is 13.1 Å². The zero-order valence-corrected chi connectivity index (χ0v) is 13.5. The predicted molar refractivity (Wildman–Crippen MR) is 85.9 cm³/mol. The van der Waals surface area contributed by atoms with Crippen LogP contribution < -0.4 is 10.6 Å². The van der Waals surface area contributed by atoms with Gasteiger partial charge >= 0.3 is 6.03 Å². The van der Waals surface area contributed by atoms with Crippen molar-refractivity contribution in [2.45, 2.75) is 25.9 Å². The minimum Gasteiger partial charge on any atom is -0.387 e. The molecule has 114 valence electrons. The maximum Gasteiger partial charge on any atom is 0.314 e. The Morgan fingerprint density at radius 1 is 1.48 bits per heavy atom. The Hall–Kier alpha value is -1.44. The zero-order valence-electron chi connectivity index (χ0n) is 11.8. The number of aryl methyl sites for hydroxylation is 1. The van der Waals surface area contributed by atoms with Crippen LogP contribution in [0.4, 0.5) is 4.79 Å². The lowest BCUT2D eigenvalue weighted by atomic mass is 10.2. The molecule has 0 bridgehead atoms. The van der Waals surface area contributed by atoms with Gasteiger partial charge in [-0.3, -0.25) is 0 Å². The third kappa shape index (κ3) is 5.11. The van der Waals surface area contributed by atoms with Gasteiger partial charge < -0.3 is 15.7 Å². The first-order valence-electron chi connectivity index (χ1n) is 6.84. The average molecular weight is 325 g/mol. The summed E-state index contributed by atoms with van der Waals surface area (Å²) in [5.41, 5.74) is 0.829. The lowest BCUT2D eigenvalue weighted by Crippen LogP contribution is -2.38. The molecular formula is C14H19N3O2S2. The van der Waals surface area contributed by atoms with Crippen LogP contribution in [0.5, 0.6) is 0 Å². The van der Waals surface area contributed by atoms with Crippen LogP contribution in [0.25, 0.3) is 0 Å². The number of amides is 2. The van der Waals surface area contributed by atoms with Crippen LogP contribution in [-0.4, -0.2) is 29.2 Å². The largest absolute Gasteiger partial charge is 0.387 e. The number of hydrogen-bond donors (Lipinski definition) is 3. The Bertz CT molecular complexity index is 554. The number of urea groups is 1. The minimum atomic E-state index is -0.659. The molecule has 1 atom stereocenters. The van der Waals surface area contributed by atoms with Gasteiger partial charge in [0.25, 0.3) is 0 Å². The molecule has 2 aromatic heterocycles. The number of thiophene rings is 1. The van der Waals surface area contributed by atoms with E-state index in [0.29, 0.717) is 6.54 Å². The van der Waals surface area contributed by atoms with Gasteiger partial charge in [-0.05, 0) is 28.8 Å². The fraction of sp³-hybridized carbons (Fsp3) is 0.429. The second kappa shape index (κ2) is 8.11. The SMILES string of the molecule is CCc1cnc(CCNC(=O)NCC(O)c2ccsc2)s1. The van der Waals surface area contributed by atoms with E-state index in [-0.39, 0.29) is 12.6 Å². The number of rotatable bonds is 7. The molecule has 3 N–H and O–H groups in total. The standard InChI is InChI=1S/C14H19N3O2S2/c1-2-11-7-16-13(21-11)3-5-15-14(19)17-8-12(18)10-4-6-20-9-10/h4,6-7,9,12,18H,2-3,5,8H2,1H3,(H2,15,17,19). The highest BCUT2D eigenvalue weighted by molar-refractivity contribution is 7.11. The highest BCUT2D eigenvalue weighted by atomic mass is 32.1. The summed E-state index contributed by atoms with van der Waals surface area (Å²) in [7, 11) is 0. The van der Waals surface area contributed by atoms with Crippen molar-refractivity contribution in [1.29, 1.82) is 0 Å². The lowest BCUT2D eigenvalue weighted by molar-refractivity contribution is 0.173. The highest BCUT2D eigenvalue weighted by Crippen LogP contribution is 2.15. The fourth-order valence-corrected chi connectivity index (χ4v) is 3.31.